The Labute approximate surface area is 202 Å². The molecule has 0 bridgehead atoms. The van der Waals surface area contributed by atoms with E-state index < -0.39 is 30.0 Å². The van der Waals surface area contributed by atoms with Crippen LogP contribution in [0.5, 0.6) is 0 Å². The van der Waals surface area contributed by atoms with Gasteiger partial charge in [-0.2, -0.15) is 0 Å². The Kier molecular flexibility index (Phi) is 7.46. The number of carbonyl (C=O) groups excluding carboxylic acids is 2. The predicted octanol–water partition coefficient (Wildman–Crippen LogP) is 4.88. The molecule has 2 N–H and O–H groups in total. The molecule has 0 radical (unpaired) electrons. The van der Waals surface area contributed by atoms with E-state index in [1.54, 1.807) is 42.5 Å². The standard InChI is InChI=1S/C24H27BBrFN2O4/c1-15(30)28-14-20(31)29-19-12-11-17(26)13-18(19)21(16-9-7-6-8-10-16)22(27)25-32-23(2,3)24(4,5)33-25/h6-13H,14H2,1-5H3,(H,28,30)(H,29,31). The molecule has 1 aliphatic rings. The molecular formula is C24H27BBrFN2O4. The monoisotopic (exact) mass is 516 g/mol. The summed E-state index contributed by atoms with van der Waals surface area (Å²) < 4.78 is 28.8. The van der Waals surface area contributed by atoms with Crippen LogP contribution in [0.15, 0.2) is 58.7 Å². The molecule has 0 aromatic heterocycles. The van der Waals surface area contributed by atoms with Crippen molar-refractivity contribution in [2.75, 3.05) is 11.9 Å². The number of nitrogens with one attached hydrogen (secondary N) is 2. The number of hydrogen-bond acceptors (Lipinski definition) is 4. The Morgan fingerprint density at radius 2 is 1.64 bits per heavy atom. The first-order valence-corrected chi connectivity index (χ1v) is 11.4. The number of anilines is 1. The minimum atomic E-state index is -1.22. The molecule has 1 fully saturated rings. The van der Waals surface area contributed by atoms with Crippen molar-refractivity contribution in [2.45, 2.75) is 45.8 Å². The molecule has 0 aliphatic carbocycles. The predicted molar refractivity (Wildman–Crippen MR) is 131 cm³/mol. The summed E-state index contributed by atoms with van der Waals surface area (Å²) in [6.07, 6.45) is 0. The number of hydrogen-bond donors (Lipinski definition) is 2. The highest BCUT2D eigenvalue weighted by Crippen LogP contribution is 2.42. The zero-order chi connectivity index (χ0) is 24.4. The lowest BCUT2D eigenvalue weighted by Crippen LogP contribution is -2.41. The van der Waals surface area contributed by atoms with Gasteiger partial charge in [-0.05, 0) is 51.5 Å². The van der Waals surface area contributed by atoms with Crippen LogP contribution < -0.4 is 10.6 Å². The van der Waals surface area contributed by atoms with Crippen LogP contribution in [0.2, 0.25) is 0 Å². The second-order valence-corrected chi connectivity index (χ2v) is 9.74. The van der Waals surface area contributed by atoms with Gasteiger partial charge >= 0.3 is 7.12 Å². The lowest BCUT2D eigenvalue weighted by atomic mass is 9.80. The van der Waals surface area contributed by atoms with Gasteiger partial charge in [0.05, 0.1) is 17.7 Å². The fraction of sp³-hybridized carbons (Fsp3) is 0.333. The van der Waals surface area contributed by atoms with E-state index in [1.807, 2.05) is 33.8 Å². The van der Waals surface area contributed by atoms with Gasteiger partial charge in [0.1, 0.15) is 5.73 Å². The first kappa shape index (κ1) is 25.1. The summed E-state index contributed by atoms with van der Waals surface area (Å²) in [7, 11) is -1.22. The highest BCUT2D eigenvalue weighted by atomic mass is 79.9. The number of halogens is 2. The molecular weight excluding hydrogens is 490 g/mol. The highest BCUT2D eigenvalue weighted by Gasteiger charge is 2.53. The molecule has 0 atom stereocenters. The Morgan fingerprint density at radius 3 is 2.21 bits per heavy atom. The van der Waals surface area contributed by atoms with Crippen LogP contribution in [0.1, 0.15) is 45.7 Å². The van der Waals surface area contributed by atoms with Crippen molar-refractivity contribution in [3.05, 3.63) is 69.9 Å². The average molecular weight is 517 g/mol. The number of rotatable bonds is 6. The van der Waals surface area contributed by atoms with Gasteiger partial charge < -0.3 is 19.9 Å². The summed E-state index contributed by atoms with van der Waals surface area (Å²) in [5.41, 5.74) is -0.369. The van der Waals surface area contributed by atoms with E-state index in [1.165, 1.54) is 6.92 Å². The maximum atomic E-state index is 16.2. The topological polar surface area (TPSA) is 76.7 Å². The maximum Gasteiger partial charge on any atom is 0.525 e. The SMILES string of the molecule is CC(=O)NCC(=O)Nc1ccc(Br)cc1C(=C(F)B1OC(C)(C)C(C)(C)O1)c1ccccc1. The van der Waals surface area contributed by atoms with E-state index in [0.717, 1.165) is 0 Å². The number of carbonyl (C=O) groups is 2. The van der Waals surface area contributed by atoms with Crippen LogP contribution in [-0.4, -0.2) is 36.7 Å². The molecule has 9 heteroatoms. The molecule has 6 nitrogen and oxygen atoms in total. The van der Waals surface area contributed by atoms with Crippen molar-refractivity contribution in [1.29, 1.82) is 0 Å². The Balaban J connectivity index is 2.12. The summed E-state index contributed by atoms with van der Waals surface area (Å²) in [4.78, 5) is 23.6. The van der Waals surface area contributed by atoms with Gasteiger partial charge in [-0.1, -0.05) is 46.3 Å². The molecule has 0 unspecified atom stereocenters. The zero-order valence-electron chi connectivity index (χ0n) is 19.3. The van der Waals surface area contributed by atoms with E-state index in [4.69, 9.17) is 9.31 Å². The van der Waals surface area contributed by atoms with E-state index in [2.05, 4.69) is 26.6 Å². The van der Waals surface area contributed by atoms with E-state index in [0.29, 0.717) is 21.3 Å². The molecule has 1 heterocycles. The number of amides is 2. The summed E-state index contributed by atoms with van der Waals surface area (Å²) in [5.74, 6) is -0.755. The largest absolute Gasteiger partial charge is 0.525 e. The molecule has 0 saturated carbocycles. The van der Waals surface area contributed by atoms with Crippen LogP contribution >= 0.6 is 15.9 Å². The van der Waals surface area contributed by atoms with Crippen LogP contribution in [0.3, 0.4) is 0 Å². The van der Waals surface area contributed by atoms with Crippen LogP contribution in [0.25, 0.3) is 5.57 Å². The Hall–Kier alpha value is -2.49. The second kappa shape index (κ2) is 9.79. The van der Waals surface area contributed by atoms with E-state index in [-0.39, 0.29) is 18.0 Å². The van der Waals surface area contributed by atoms with E-state index in [9.17, 15) is 9.59 Å². The Morgan fingerprint density at radius 1 is 1.03 bits per heavy atom. The second-order valence-electron chi connectivity index (χ2n) is 8.83. The minimum absolute atomic E-state index is 0.199. The third kappa shape index (κ3) is 5.72. The van der Waals surface area contributed by atoms with E-state index >= 15 is 4.39 Å². The first-order chi connectivity index (χ1) is 15.4. The average Bonchev–Trinajstić information content (AvgIpc) is 2.96. The van der Waals surface area contributed by atoms with Crippen molar-refractivity contribution in [1.82, 2.24) is 5.32 Å². The maximum absolute atomic E-state index is 16.2. The van der Waals surface area contributed by atoms with Crippen LogP contribution in [0.4, 0.5) is 10.1 Å². The highest BCUT2D eigenvalue weighted by molar-refractivity contribution is 9.10. The zero-order valence-corrected chi connectivity index (χ0v) is 20.9. The molecule has 3 rings (SSSR count). The van der Waals surface area contributed by atoms with Gasteiger partial charge in [0.2, 0.25) is 11.8 Å². The van der Waals surface area contributed by atoms with Gasteiger partial charge in [-0.15, -0.1) is 0 Å². The smallest absolute Gasteiger partial charge is 0.398 e. The molecule has 174 valence electrons. The van der Waals surface area contributed by atoms with Gasteiger partial charge in [-0.25, -0.2) is 4.39 Å². The Bertz CT molecular complexity index is 1070. The lowest BCUT2D eigenvalue weighted by molar-refractivity contribution is -0.122. The molecule has 33 heavy (non-hydrogen) atoms. The summed E-state index contributed by atoms with van der Waals surface area (Å²) >= 11 is 3.44. The van der Waals surface area contributed by atoms with Crippen LogP contribution in [0, 0.1) is 0 Å². The third-order valence-corrected chi connectivity index (χ3v) is 6.28. The van der Waals surface area contributed by atoms with Crippen molar-refractivity contribution in [2.24, 2.45) is 0 Å². The van der Waals surface area contributed by atoms with Gasteiger partial charge in [0, 0.05) is 28.2 Å². The molecule has 2 aromatic rings. The molecule has 2 amide bonds. The minimum Gasteiger partial charge on any atom is -0.398 e. The molecule has 0 spiro atoms. The van der Waals surface area contributed by atoms with Crippen LogP contribution in [-0.2, 0) is 18.9 Å². The van der Waals surface area contributed by atoms with Crippen molar-refractivity contribution < 1.29 is 23.3 Å². The summed E-state index contributed by atoms with van der Waals surface area (Å²) in [5, 5.41) is 5.22. The normalized spacial score (nSPS) is 17.4. The molecule has 1 aliphatic heterocycles. The van der Waals surface area contributed by atoms with Gasteiger partial charge in [-0.3, -0.25) is 9.59 Å². The quantitative estimate of drug-likeness (QED) is 0.536. The fourth-order valence-electron chi connectivity index (χ4n) is 3.32. The molecule has 2 aromatic carbocycles. The third-order valence-electron chi connectivity index (χ3n) is 5.78. The fourth-order valence-corrected chi connectivity index (χ4v) is 3.68. The van der Waals surface area contributed by atoms with Crippen molar-refractivity contribution >= 4 is 46.1 Å². The van der Waals surface area contributed by atoms with Gasteiger partial charge in [0.15, 0.2) is 0 Å². The summed E-state index contributed by atoms with van der Waals surface area (Å²) in [6.45, 7) is 8.55. The lowest BCUT2D eigenvalue weighted by Gasteiger charge is -2.32. The van der Waals surface area contributed by atoms with Crippen molar-refractivity contribution in [3.8, 4) is 0 Å². The van der Waals surface area contributed by atoms with Crippen molar-refractivity contribution in [3.63, 3.8) is 0 Å². The number of benzene rings is 2. The summed E-state index contributed by atoms with van der Waals surface area (Å²) in [6, 6.07) is 14.2. The molecule has 1 saturated heterocycles. The first-order valence-electron chi connectivity index (χ1n) is 10.6. The van der Waals surface area contributed by atoms with Gasteiger partial charge in [0.25, 0.3) is 0 Å².